The zero-order chi connectivity index (χ0) is 9.12. The third-order valence-corrected chi connectivity index (χ3v) is 1.70. The Morgan fingerprint density at radius 3 is 2.09 bits per heavy atom. The van der Waals surface area contributed by atoms with Crippen molar-refractivity contribution in [3.05, 3.63) is 0 Å². The maximum absolute atomic E-state index is 11.4. The molecule has 0 saturated heterocycles. The first kappa shape index (κ1) is 11.6. The fourth-order valence-electron chi connectivity index (χ4n) is 0.268. The van der Waals surface area contributed by atoms with E-state index in [1.807, 2.05) is 0 Å². The molecule has 0 radical (unpaired) electrons. The normalized spacial score (nSPS) is 13.5. The van der Waals surface area contributed by atoms with Crippen molar-refractivity contribution in [2.75, 3.05) is 6.61 Å². The van der Waals surface area contributed by atoms with E-state index in [2.05, 4.69) is 4.52 Å². The smallest absolute Gasteiger partial charge is 0.306 e. The quantitative estimate of drug-likeness (QED) is 0.694. The molecule has 0 unspecified atom stereocenters. The summed E-state index contributed by atoms with van der Waals surface area (Å²) in [7, 11) is 0. The zero-order valence-corrected chi connectivity index (χ0v) is 7.47. The van der Waals surface area contributed by atoms with Crippen LogP contribution in [-0.4, -0.2) is 12.8 Å². The summed E-state index contributed by atoms with van der Waals surface area (Å²) in [6.45, 7) is -0.784. The predicted molar refractivity (Wildman–Crippen MR) is 35.9 cm³/mol. The van der Waals surface area contributed by atoms with Crippen LogP contribution in [0, 0.1) is 0 Å². The molecule has 0 aromatic carbocycles. The van der Waals surface area contributed by atoms with Gasteiger partial charge in [0.2, 0.25) is 0 Å². The summed E-state index contributed by atoms with van der Waals surface area (Å²) in [5.74, 6) is 0. The average molecular weight is 231 g/mol. The molecular weight excluding hydrogens is 227 g/mol. The molecule has 0 fully saturated rings. The Morgan fingerprint density at radius 2 is 1.82 bits per heavy atom. The van der Waals surface area contributed by atoms with Gasteiger partial charge in [-0.05, 0) is 22.5 Å². The molecule has 8 heteroatoms. The molecule has 0 aliphatic carbocycles. The molecule has 0 aromatic rings. The van der Waals surface area contributed by atoms with Gasteiger partial charge >= 0.3 is 12.3 Å². The van der Waals surface area contributed by atoms with Crippen LogP contribution in [-0.2, 0) is 9.09 Å². The number of alkyl halides is 3. The molecule has 0 aliphatic heterocycles. The molecule has 0 amide bonds. The maximum atomic E-state index is 11.4. The van der Waals surface area contributed by atoms with Crippen molar-refractivity contribution >= 4 is 28.6 Å². The molecule has 0 N–H and O–H groups in total. The highest BCUT2D eigenvalue weighted by molar-refractivity contribution is 8.05. The molecule has 0 aliphatic rings. The van der Waals surface area contributed by atoms with Crippen molar-refractivity contribution in [3.63, 3.8) is 0 Å². The summed E-state index contributed by atoms with van der Waals surface area (Å²) < 4.78 is 48.3. The highest BCUT2D eigenvalue weighted by atomic mass is 35.9. The van der Waals surface area contributed by atoms with Crippen LogP contribution >= 0.6 is 28.6 Å². The highest BCUT2D eigenvalue weighted by Crippen LogP contribution is 2.57. The van der Waals surface area contributed by atoms with Gasteiger partial charge < -0.3 is 4.52 Å². The van der Waals surface area contributed by atoms with E-state index in [4.69, 9.17) is 22.5 Å². The summed E-state index contributed by atoms with van der Waals surface area (Å²) >= 11 is 9.59. The van der Waals surface area contributed by atoms with Gasteiger partial charge in [-0.1, -0.05) is 0 Å². The van der Waals surface area contributed by atoms with Crippen LogP contribution in [0.2, 0.25) is 0 Å². The van der Waals surface area contributed by atoms with Crippen molar-refractivity contribution in [1.29, 1.82) is 0 Å². The average Bonchev–Trinajstić information content (AvgIpc) is 1.55. The van der Waals surface area contributed by atoms with Crippen molar-refractivity contribution in [1.82, 2.24) is 0 Å². The van der Waals surface area contributed by atoms with Crippen LogP contribution in [0.3, 0.4) is 0 Å². The Kier molecular flexibility index (Phi) is 4.19. The van der Waals surface area contributed by atoms with Gasteiger partial charge in [0.15, 0.2) is 0 Å². The number of hydrogen-bond donors (Lipinski definition) is 0. The van der Waals surface area contributed by atoms with Crippen molar-refractivity contribution < 1.29 is 22.3 Å². The second-order valence-corrected chi connectivity index (χ2v) is 5.89. The van der Waals surface area contributed by atoms with E-state index < -0.39 is 25.3 Å². The minimum atomic E-state index is -4.34. The third-order valence-electron chi connectivity index (χ3n) is 0.627. The van der Waals surface area contributed by atoms with E-state index in [0.29, 0.717) is 0 Å². The minimum Gasteiger partial charge on any atom is -0.306 e. The van der Waals surface area contributed by atoms with Gasteiger partial charge in [-0.2, -0.15) is 13.2 Å². The summed E-state index contributed by atoms with van der Waals surface area (Å²) in [6, 6.07) is 0. The molecule has 0 aromatic heterocycles. The Balaban J connectivity index is 3.52. The van der Waals surface area contributed by atoms with E-state index >= 15 is 0 Å². The molecule has 11 heavy (non-hydrogen) atoms. The first-order chi connectivity index (χ1) is 4.71. The van der Waals surface area contributed by atoms with Gasteiger partial charge in [0.1, 0.15) is 0 Å². The largest absolute Gasteiger partial charge is 0.391 e. The highest BCUT2D eigenvalue weighted by Gasteiger charge is 2.28. The van der Waals surface area contributed by atoms with E-state index in [0.717, 1.165) is 0 Å². The molecule has 0 spiro atoms. The summed E-state index contributed by atoms with van der Waals surface area (Å²) in [4.78, 5) is 0. The van der Waals surface area contributed by atoms with Crippen LogP contribution < -0.4 is 0 Å². The first-order valence-corrected chi connectivity index (χ1v) is 5.85. The SMILES string of the molecule is O=P(Cl)(Cl)OCCC(F)(F)F. The maximum Gasteiger partial charge on any atom is 0.391 e. The summed E-state index contributed by atoms with van der Waals surface area (Å²) in [5.41, 5.74) is 0. The minimum absolute atomic E-state index is 0.784. The second kappa shape index (κ2) is 3.99. The second-order valence-electron chi connectivity index (χ2n) is 1.61. The van der Waals surface area contributed by atoms with Crippen molar-refractivity contribution in [2.24, 2.45) is 0 Å². The third kappa shape index (κ3) is 10.6. The lowest BCUT2D eigenvalue weighted by Gasteiger charge is -2.06. The first-order valence-electron chi connectivity index (χ1n) is 2.41. The molecule has 0 heterocycles. The molecule has 2 nitrogen and oxygen atoms in total. The zero-order valence-electron chi connectivity index (χ0n) is 5.07. The lowest BCUT2D eigenvalue weighted by Crippen LogP contribution is -2.09. The molecule has 0 rings (SSSR count). The Hall–Kier alpha value is 0.560. The summed E-state index contributed by atoms with van der Waals surface area (Å²) in [6.07, 6.45) is -9.36. The van der Waals surface area contributed by atoms with Crippen LogP contribution in [0.1, 0.15) is 6.42 Å². The topological polar surface area (TPSA) is 26.3 Å². The molecule has 0 atom stereocenters. The van der Waals surface area contributed by atoms with Gasteiger partial charge in [-0.25, -0.2) is 0 Å². The molecule has 0 bridgehead atoms. The van der Waals surface area contributed by atoms with Crippen LogP contribution in [0.15, 0.2) is 0 Å². The van der Waals surface area contributed by atoms with Crippen LogP contribution in [0.5, 0.6) is 0 Å². The van der Waals surface area contributed by atoms with Gasteiger partial charge in [-0.15, -0.1) is 0 Å². The van der Waals surface area contributed by atoms with Gasteiger partial charge in [0.25, 0.3) is 0 Å². The molecular formula is C3H4Cl2F3O2P. The number of hydrogen-bond acceptors (Lipinski definition) is 2. The van der Waals surface area contributed by atoms with E-state index in [1.54, 1.807) is 0 Å². The van der Waals surface area contributed by atoms with Crippen LogP contribution in [0.4, 0.5) is 13.2 Å². The van der Waals surface area contributed by atoms with Gasteiger partial charge in [0, 0.05) is 0 Å². The predicted octanol–water partition coefficient (Wildman–Crippen LogP) is 3.54. The van der Waals surface area contributed by atoms with Crippen LogP contribution in [0.25, 0.3) is 0 Å². The van der Waals surface area contributed by atoms with E-state index in [1.165, 1.54) is 0 Å². The lowest BCUT2D eigenvalue weighted by molar-refractivity contribution is -0.139. The summed E-state index contributed by atoms with van der Waals surface area (Å²) in [5, 5.41) is 0. The number of rotatable bonds is 3. The molecule has 0 saturated carbocycles. The molecule has 68 valence electrons. The standard InChI is InChI=1S/C3H4Cl2F3O2P/c4-11(5,9)10-2-1-3(6,7)8/h1-2H2. The number of halogens is 5. The Morgan fingerprint density at radius 1 is 1.36 bits per heavy atom. The van der Waals surface area contributed by atoms with Crippen molar-refractivity contribution in [2.45, 2.75) is 12.6 Å². The van der Waals surface area contributed by atoms with Gasteiger partial charge in [-0.3, -0.25) is 4.57 Å². The van der Waals surface area contributed by atoms with E-state index in [9.17, 15) is 17.7 Å². The van der Waals surface area contributed by atoms with Crippen molar-refractivity contribution in [3.8, 4) is 0 Å². The fraction of sp³-hybridized carbons (Fsp3) is 1.00. The van der Waals surface area contributed by atoms with E-state index in [-0.39, 0.29) is 0 Å². The van der Waals surface area contributed by atoms with Gasteiger partial charge in [0.05, 0.1) is 13.0 Å². The monoisotopic (exact) mass is 230 g/mol. The fourth-order valence-corrected chi connectivity index (χ4v) is 0.986. The lowest BCUT2D eigenvalue weighted by atomic mass is 10.5. The Bertz CT molecular complexity index is 164. The Labute approximate surface area is 70.6 Å².